The molecule has 2 rings (SSSR count). The summed E-state index contributed by atoms with van der Waals surface area (Å²) in [7, 11) is 1.46. The summed E-state index contributed by atoms with van der Waals surface area (Å²) in [6.45, 7) is -0.117. The number of fused-ring (bicyclic) bond motifs is 1. The van der Waals surface area contributed by atoms with E-state index in [9.17, 15) is 18.5 Å². The Morgan fingerprint density at radius 3 is 2.40 bits per heavy atom. The Labute approximate surface area is 119 Å². The van der Waals surface area contributed by atoms with Crippen molar-refractivity contribution in [3.05, 3.63) is 46.5 Å². The van der Waals surface area contributed by atoms with Crippen molar-refractivity contribution in [2.75, 3.05) is 12.4 Å². The minimum Gasteiger partial charge on any atom is -0.492 e. The maximum absolute atomic E-state index is 10.9. The highest BCUT2D eigenvalue weighted by atomic mass is 35.7. The van der Waals surface area contributed by atoms with E-state index >= 15 is 0 Å². The first-order valence-corrected chi connectivity index (χ1v) is 8.07. The molecule has 0 fully saturated rings. The van der Waals surface area contributed by atoms with Crippen molar-refractivity contribution in [2.45, 2.75) is 0 Å². The van der Waals surface area contributed by atoms with Crippen LogP contribution in [0.5, 0.6) is 5.75 Å². The summed E-state index contributed by atoms with van der Waals surface area (Å²) in [6.07, 6.45) is 0. The average Bonchev–Trinajstić information content (AvgIpc) is 2.37. The van der Waals surface area contributed by atoms with Crippen LogP contribution >= 0.6 is 10.7 Å². The van der Waals surface area contributed by atoms with Gasteiger partial charge in [-0.05, 0) is 12.1 Å². The summed E-state index contributed by atoms with van der Waals surface area (Å²) in [5.74, 6) is 0.0476. The van der Waals surface area contributed by atoms with Crippen molar-refractivity contribution < 1.29 is 18.1 Å². The molecule has 0 heterocycles. The van der Waals surface area contributed by atoms with Crippen LogP contribution in [0.2, 0.25) is 0 Å². The zero-order valence-electron chi connectivity index (χ0n) is 10.2. The lowest BCUT2D eigenvalue weighted by atomic mass is 10.1. The molecule has 0 aromatic heterocycles. The van der Waals surface area contributed by atoms with E-state index < -0.39 is 14.0 Å². The lowest BCUT2D eigenvalue weighted by molar-refractivity contribution is -0.383. The molecule has 0 aliphatic heterocycles. The molecule has 0 spiro atoms. The Morgan fingerprint density at radius 2 is 1.80 bits per heavy atom. The van der Waals surface area contributed by atoms with Crippen molar-refractivity contribution in [3.8, 4) is 5.75 Å². The molecule has 0 aliphatic carbocycles. The number of ether oxygens (including phenoxy) is 1. The largest absolute Gasteiger partial charge is 0.492 e. The maximum Gasteiger partial charge on any atom is 0.277 e. The fraction of sp³-hybridized carbons (Fsp3) is 0.167. The molecular formula is C12H10ClNO5S. The molecule has 0 N–H and O–H groups in total. The van der Waals surface area contributed by atoms with E-state index in [0.29, 0.717) is 16.5 Å². The molecule has 2 aromatic carbocycles. The summed E-state index contributed by atoms with van der Waals surface area (Å²) in [4.78, 5) is 10.5. The third-order valence-corrected chi connectivity index (χ3v) is 3.76. The van der Waals surface area contributed by atoms with Gasteiger partial charge >= 0.3 is 0 Å². The van der Waals surface area contributed by atoms with Gasteiger partial charge in [-0.2, -0.15) is 0 Å². The number of nitro benzene ring substituents is 1. The highest BCUT2D eigenvalue weighted by molar-refractivity contribution is 8.13. The molecule has 0 radical (unpaired) electrons. The number of nitrogens with zero attached hydrogens (tertiary/aromatic N) is 1. The highest BCUT2D eigenvalue weighted by Gasteiger charge is 2.15. The number of hydrogen-bond acceptors (Lipinski definition) is 5. The van der Waals surface area contributed by atoms with Crippen LogP contribution in [-0.2, 0) is 9.05 Å². The third-order valence-electron chi connectivity index (χ3n) is 2.64. The zero-order valence-corrected chi connectivity index (χ0v) is 11.7. The molecule has 0 amide bonds. The van der Waals surface area contributed by atoms with E-state index in [4.69, 9.17) is 15.4 Å². The van der Waals surface area contributed by atoms with Crippen LogP contribution in [0.3, 0.4) is 0 Å². The molecular weight excluding hydrogens is 306 g/mol. The Hall–Kier alpha value is -1.86. The lowest BCUT2D eigenvalue weighted by Gasteiger charge is -2.08. The fourth-order valence-electron chi connectivity index (χ4n) is 1.79. The standard InChI is InChI=1S/C12H10ClNO5S/c13-20(17,18)8-7-19-12-6-5-11(14(15)16)9-3-1-2-4-10(9)12/h1-6H,7-8H2. The first-order chi connectivity index (χ1) is 9.38. The van der Waals surface area contributed by atoms with E-state index in [0.717, 1.165) is 0 Å². The van der Waals surface area contributed by atoms with Crippen molar-refractivity contribution in [1.29, 1.82) is 0 Å². The number of non-ortho nitro benzene ring substituents is 1. The number of benzene rings is 2. The predicted molar refractivity (Wildman–Crippen MR) is 75.7 cm³/mol. The van der Waals surface area contributed by atoms with Crippen LogP contribution in [0.1, 0.15) is 0 Å². The summed E-state index contributed by atoms with van der Waals surface area (Å²) in [5, 5.41) is 11.9. The van der Waals surface area contributed by atoms with Gasteiger partial charge in [0.25, 0.3) is 5.69 Å². The fourth-order valence-corrected chi connectivity index (χ4v) is 2.26. The molecule has 0 aliphatic rings. The van der Waals surface area contributed by atoms with Gasteiger partial charge in [0.15, 0.2) is 0 Å². The Morgan fingerprint density at radius 1 is 1.15 bits per heavy atom. The molecule has 8 heteroatoms. The van der Waals surface area contributed by atoms with Gasteiger partial charge in [-0.25, -0.2) is 8.42 Å². The minimum absolute atomic E-state index is 0.0297. The Balaban J connectivity index is 2.36. The van der Waals surface area contributed by atoms with Gasteiger partial charge in [-0.3, -0.25) is 10.1 Å². The second kappa shape index (κ2) is 5.64. The number of hydrogen-bond donors (Lipinski definition) is 0. The second-order valence-corrected chi connectivity index (χ2v) is 6.87. The zero-order chi connectivity index (χ0) is 14.8. The van der Waals surface area contributed by atoms with Gasteiger partial charge < -0.3 is 4.74 Å². The first kappa shape index (κ1) is 14.5. The quantitative estimate of drug-likeness (QED) is 0.481. The smallest absolute Gasteiger partial charge is 0.277 e. The van der Waals surface area contributed by atoms with Gasteiger partial charge in [0, 0.05) is 22.1 Å². The second-order valence-electron chi connectivity index (χ2n) is 3.98. The van der Waals surface area contributed by atoms with Crippen LogP contribution in [0.4, 0.5) is 5.69 Å². The monoisotopic (exact) mass is 315 g/mol. The molecule has 0 unspecified atom stereocenters. The average molecular weight is 316 g/mol. The molecule has 0 atom stereocenters. The van der Waals surface area contributed by atoms with Gasteiger partial charge in [0.2, 0.25) is 9.05 Å². The maximum atomic E-state index is 10.9. The highest BCUT2D eigenvalue weighted by Crippen LogP contribution is 2.32. The summed E-state index contributed by atoms with van der Waals surface area (Å²) in [6, 6.07) is 9.46. The number of halogens is 1. The van der Waals surface area contributed by atoms with E-state index in [-0.39, 0.29) is 18.0 Å². The van der Waals surface area contributed by atoms with E-state index in [2.05, 4.69) is 0 Å². The number of rotatable bonds is 5. The van der Waals surface area contributed by atoms with Crippen molar-refractivity contribution in [2.24, 2.45) is 0 Å². The summed E-state index contributed by atoms with van der Waals surface area (Å²) >= 11 is 0. The van der Waals surface area contributed by atoms with Crippen LogP contribution in [0.15, 0.2) is 36.4 Å². The molecule has 0 bridgehead atoms. The van der Waals surface area contributed by atoms with Crippen molar-refractivity contribution in [1.82, 2.24) is 0 Å². The van der Waals surface area contributed by atoms with Gasteiger partial charge in [0.1, 0.15) is 12.4 Å². The first-order valence-electron chi connectivity index (χ1n) is 5.60. The van der Waals surface area contributed by atoms with Crippen LogP contribution in [0.25, 0.3) is 10.8 Å². The third kappa shape index (κ3) is 3.37. The molecule has 0 saturated carbocycles. The molecule has 20 heavy (non-hydrogen) atoms. The van der Waals surface area contributed by atoms with Crippen LogP contribution in [0, 0.1) is 10.1 Å². The molecule has 0 saturated heterocycles. The Bertz CT molecular complexity index is 760. The van der Waals surface area contributed by atoms with Crippen LogP contribution < -0.4 is 4.74 Å². The van der Waals surface area contributed by atoms with Crippen molar-refractivity contribution in [3.63, 3.8) is 0 Å². The molecule has 2 aromatic rings. The van der Waals surface area contributed by atoms with E-state index in [1.807, 2.05) is 0 Å². The van der Waals surface area contributed by atoms with Gasteiger partial charge in [0.05, 0.1) is 16.1 Å². The molecule has 6 nitrogen and oxygen atoms in total. The normalized spacial score (nSPS) is 11.4. The van der Waals surface area contributed by atoms with Gasteiger partial charge in [-0.1, -0.05) is 18.2 Å². The van der Waals surface area contributed by atoms with Crippen molar-refractivity contribution >= 4 is 36.2 Å². The van der Waals surface area contributed by atoms with Gasteiger partial charge in [-0.15, -0.1) is 0 Å². The minimum atomic E-state index is -3.63. The molecule has 106 valence electrons. The SMILES string of the molecule is O=[N+]([O-])c1ccc(OCCS(=O)(=O)Cl)c2ccccc12. The van der Waals surface area contributed by atoms with E-state index in [1.165, 1.54) is 12.1 Å². The Kier molecular flexibility index (Phi) is 4.10. The number of nitro groups is 1. The predicted octanol–water partition coefficient (Wildman–Crippen LogP) is 2.70. The van der Waals surface area contributed by atoms with E-state index in [1.54, 1.807) is 24.3 Å². The van der Waals surface area contributed by atoms with Crippen LogP contribution in [-0.4, -0.2) is 25.7 Å². The summed E-state index contributed by atoms with van der Waals surface area (Å²) < 4.78 is 27.0. The lowest BCUT2D eigenvalue weighted by Crippen LogP contribution is -2.09. The summed E-state index contributed by atoms with van der Waals surface area (Å²) in [5.41, 5.74) is -0.0297. The topological polar surface area (TPSA) is 86.5 Å².